The fourth-order valence-corrected chi connectivity index (χ4v) is 2.80. The third-order valence-electron chi connectivity index (χ3n) is 3.04. The molecule has 2 heterocycles. The minimum absolute atomic E-state index is 0.0271. The normalized spacial score (nSPS) is 25.5. The first-order valence-electron chi connectivity index (χ1n) is 6.25. The molecule has 1 aliphatic rings. The van der Waals surface area contributed by atoms with Crippen LogP contribution in [0, 0.1) is 0 Å². The van der Waals surface area contributed by atoms with Crippen LogP contribution in [0.25, 0.3) is 0 Å². The van der Waals surface area contributed by atoms with Gasteiger partial charge in [0.2, 0.25) is 5.13 Å². The second-order valence-electron chi connectivity index (χ2n) is 5.79. The number of hydrogen-bond acceptors (Lipinski definition) is 6. The van der Waals surface area contributed by atoms with Crippen molar-refractivity contribution in [3.63, 3.8) is 0 Å². The lowest BCUT2D eigenvalue weighted by atomic mass is 9.96. The molecule has 1 aromatic heterocycles. The molecule has 0 amide bonds. The molecule has 0 radical (unpaired) electrons. The Morgan fingerprint density at radius 2 is 2.22 bits per heavy atom. The maximum absolute atomic E-state index is 9.19. The molecule has 1 N–H and O–H groups in total. The van der Waals surface area contributed by atoms with E-state index < -0.39 is 0 Å². The summed E-state index contributed by atoms with van der Waals surface area (Å²) in [5.41, 5.74) is -0.0271. The van der Waals surface area contributed by atoms with Gasteiger partial charge in [0.25, 0.3) is 0 Å². The summed E-state index contributed by atoms with van der Waals surface area (Å²) in [7, 11) is 0. The Hall–Kier alpha value is -0.720. The number of hydrogen-bond donors (Lipinski definition) is 1. The van der Waals surface area contributed by atoms with Crippen molar-refractivity contribution in [3.05, 3.63) is 5.82 Å². The SMILES string of the molecule is CC1COC(CO)CN1c1nc(C(C)(C)C)ns1. The van der Waals surface area contributed by atoms with E-state index >= 15 is 0 Å². The highest BCUT2D eigenvalue weighted by molar-refractivity contribution is 7.09. The van der Waals surface area contributed by atoms with Gasteiger partial charge in [0.15, 0.2) is 0 Å². The number of ether oxygens (including phenoxy) is 1. The Labute approximate surface area is 112 Å². The van der Waals surface area contributed by atoms with Gasteiger partial charge in [-0.15, -0.1) is 0 Å². The topological polar surface area (TPSA) is 58.5 Å². The Balaban J connectivity index is 2.17. The molecule has 18 heavy (non-hydrogen) atoms. The smallest absolute Gasteiger partial charge is 0.205 e. The minimum Gasteiger partial charge on any atom is -0.394 e. The Morgan fingerprint density at radius 3 is 2.78 bits per heavy atom. The van der Waals surface area contributed by atoms with Crippen molar-refractivity contribution in [1.29, 1.82) is 0 Å². The molecule has 1 fully saturated rings. The van der Waals surface area contributed by atoms with Crippen LogP contribution >= 0.6 is 11.5 Å². The Bertz CT molecular complexity index is 402. The van der Waals surface area contributed by atoms with Crippen LogP contribution in [0.4, 0.5) is 5.13 Å². The van der Waals surface area contributed by atoms with Crippen LogP contribution in [-0.4, -0.2) is 46.4 Å². The monoisotopic (exact) mass is 271 g/mol. The van der Waals surface area contributed by atoms with Crippen LogP contribution in [0.1, 0.15) is 33.5 Å². The summed E-state index contributed by atoms with van der Waals surface area (Å²) in [6, 6.07) is 0.272. The van der Waals surface area contributed by atoms with Crippen molar-refractivity contribution in [3.8, 4) is 0 Å². The van der Waals surface area contributed by atoms with Gasteiger partial charge in [0, 0.05) is 23.5 Å². The second-order valence-corrected chi connectivity index (χ2v) is 6.52. The minimum atomic E-state index is -0.122. The molecule has 102 valence electrons. The molecule has 2 atom stereocenters. The van der Waals surface area contributed by atoms with E-state index in [1.54, 1.807) is 0 Å². The average molecular weight is 271 g/mol. The lowest BCUT2D eigenvalue weighted by Gasteiger charge is -2.37. The maximum atomic E-state index is 9.19. The third-order valence-corrected chi connectivity index (χ3v) is 3.79. The van der Waals surface area contributed by atoms with Crippen LogP contribution in [0.3, 0.4) is 0 Å². The van der Waals surface area contributed by atoms with E-state index in [9.17, 15) is 5.11 Å². The fraction of sp³-hybridized carbons (Fsp3) is 0.833. The van der Waals surface area contributed by atoms with Gasteiger partial charge in [0.05, 0.1) is 25.4 Å². The van der Waals surface area contributed by atoms with Crippen LogP contribution in [0.2, 0.25) is 0 Å². The highest BCUT2D eigenvalue weighted by atomic mass is 32.1. The number of aliphatic hydroxyl groups is 1. The van der Waals surface area contributed by atoms with E-state index in [2.05, 4.69) is 42.0 Å². The zero-order valence-electron chi connectivity index (χ0n) is 11.4. The first kappa shape index (κ1) is 13.7. The average Bonchev–Trinajstić information content (AvgIpc) is 2.78. The second kappa shape index (κ2) is 5.11. The standard InChI is InChI=1S/C12H21N3O2S/c1-8-7-17-9(6-16)5-15(8)11-13-10(14-18-11)12(2,3)4/h8-9,16H,5-7H2,1-4H3. The quantitative estimate of drug-likeness (QED) is 0.881. The van der Waals surface area contributed by atoms with Crippen LogP contribution < -0.4 is 4.90 Å². The molecular formula is C12H21N3O2S. The zero-order valence-corrected chi connectivity index (χ0v) is 12.2. The molecule has 1 saturated heterocycles. The van der Waals surface area contributed by atoms with Gasteiger partial charge in [-0.1, -0.05) is 20.8 Å². The highest BCUT2D eigenvalue weighted by Gasteiger charge is 2.29. The van der Waals surface area contributed by atoms with E-state index in [0.717, 1.165) is 11.0 Å². The van der Waals surface area contributed by atoms with Gasteiger partial charge in [-0.3, -0.25) is 0 Å². The number of aromatic nitrogens is 2. The van der Waals surface area contributed by atoms with Gasteiger partial charge in [-0.05, 0) is 6.92 Å². The Morgan fingerprint density at radius 1 is 1.50 bits per heavy atom. The number of nitrogens with zero attached hydrogens (tertiary/aromatic N) is 3. The van der Waals surface area contributed by atoms with E-state index in [4.69, 9.17) is 4.74 Å². The van der Waals surface area contributed by atoms with Crippen molar-refractivity contribution < 1.29 is 9.84 Å². The van der Waals surface area contributed by atoms with Crippen LogP contribution in [-0.2, 0) is 10.2 Å². The maximum Gasteiger partial charge on any atom is 0.205 e. The van der Waals surface area contributed by atoms with Crippen molar-refractivity contribution >= 4 is 16.7 Å². The largest absolute Gasteiger partial charge is 0.394 e. The summed E-state index contributed by atoms with van der Waals surface area (Å²) in [5.74, 6) is 0.877. The molecule has 2 rings (SSSR count). The number of rotatable bonds is 2. The van der Waals surface area contributed by atoms with Crippen molar-refractivity contribution in [2.45, 2.75) is 45.3 Å². The third kappa shape index (κ3) is 2.81. The van der Waals surface area contributed by atoms with E-state index in [1.165, 1.54) is 11.5 Å². The molecule has 0 spiro atoms. The summed E-state index contributed by atoms with van der Waals surface area (Å²) < 4.78 is 9.96. The molecule has 0 aliphatic carbocycles. The fourth-order valence-electron chi connectivity index (χ4n) is 1.83. The molecule has 1 aliphatic heterocycles. The van der Waals surface area contributed by atoms with E-state index in [0.29, 0.717) is 13.2 Å². The lowest BCUT2D eigenvalue weighted by molar-refractivity contribution is -0.0103. The first-order chi connectivity index (χ1) is 8.41. The van der Waals surface area contributed by atoms with Gasteiger partial charge >= 0.3 is 0 Å². The lowest BCUT2D eigenvalue weighted by Crippen LogP contribution is -2.49. The van der Waals surface area contributed by atoms with Gasteiger partial charge in [-0.2, -0.15) is 4.37 Å². The summed E-state index contributed by atoms with van der Waals surface area (Å²) in [6.07, 6.45) is -0.122. The molecule has 6 heteroatoms. The molecule has 1 aromatic rings. The zero-order chi connectivity index (χ0) is 13.3. The van der Waals surface area contributed by atoms with E-state index in [1.807, 2.05) is 0 Å². The van der Waals surface area contributed by atoms with Crippen molar-refractivity contribution in [2.24, 2.45) is 0 Å². The summed E-state index contributed by atoms with van der Waals surface area (Å²) in [5, 5.41) is 10.1. The summed E-state index contributed by atoms with van der Waals surface area (Å²) in [6.45, 7) is 9.78. The van der Waals surface area contributed by atoms with Gasteiger partial charge in [0.1, 0.15) is 5.82 Å². The molecule has 5 nitrogen and oxygen atoms in total. The molecular weight excluding hydrogens is 250 g/mol. The highest BCUT2D eigenvalue weighted by Crippen LogP contribution is 2.28. The first-order valence-corrected chi connectivity index (χ1v) is 7.02. The number of aliphatic hydroxyl groups excluding tert-OH is 1. The van der Waals surface area contributed by atoms with Crippen LogP contribution in [0.15, 0.2) is 0 Å². The van der Waals surface area contributed by atoms with Gasteiger partial charge < -0.3 is 14.7 Å². The predicted molar refractivity (Wildman–Crippen MR) is 72.2 cm³/mol. The summed E-state index contributed by atoms with van der Waals surface area (Å²) in [4.78, 5) is 6.80. The summed E-state index contributed by atoms with van der Waals surface area (Å²) >= 11 is 1.43. The predicted octanol–water partition coefficient (Wildman–Crippen LogP) is 1.42. The van der Waals surface area contributed by atoms with Gasteiger partial charge in [-0.25, -0.2) is 4.98 Å². The molecule has 2 unspecified atom stereocenters. The molecule has 0 bridgehead atoms. The van der Waals surface area contributed by atoms with E-state index in [-0.39, 0.29) is 24.2 Å². The number of morpholine rings is 1. The molecule has 0 saturated carbocycles. The van der Waals surface area contributed by atoms with Crippen molar-refractivity contribution in [1.82, 2.24) is 9.36 Å². The Kier molecular flexibility index (Phi) is 3.89. The van der Waals surface area contributed by atoms with Crippen molar-refractivity contribution in [2.75, 3.05) is 24.7 Å². The number of anilines is 1. The van der Waals surface area contributed by atoms with Crippen LogP contribution in [0.5, 0.6) is 0 Å². The molecule has 0 aromatic carbocycles.